The lowest BCUT2D eigenvalue weighted by molar-refractivity contribution is -0.139. The number of alkyl carbamates (subject to hydrolysis) is 1. The molecule has 146 valence electrons. The van der Waals surface area contributed by atoms with Crippen molar-refractivity contribution in [1.29, 1.82) is 0 Å². The average molecular weight is 387 g/mol. The lowest BCUT2D eigenvalue weighted by Gasteiger charge is -2.17. The van der Waals surface area contributed by atoms with Crippen LogP contribution in [0.15, 0.2) is 48.5 Å². The number of benzene rings is 2. The number of carboxylic acids is 1. The molecule has 2 N–H and O–H groups in total. The summed E-state index contributed by atoms with van der Waals surface area (Å²) in [6, 6.07) is 14.3. The molecular weight excluding hydrogens is 368 g/mol. The lowest BCUT2D eigenvalue weighted by atomic mass is 9.98. The monoisotopic (exact) mass is 387 g/mol. The van der Waals surface area contributed by atoms with Crippen LogP contribution >= 0.6 is 0 Å². The lowest BCUT2D eigenvalue weighted by Crippen LogP contribution is -2.42. The van der Waals surface area contributed by atoms with Crippen LogP contribution in [0.1, 0.15) is 29.9 Å². The molecule has 1 amide bonds. The quantitative estimate of drug-likeness (QED) is 0.785. The Bertz CT molecular complexity index is 885. The molecule has 0 aliphatic heterocycles. The molecule has 1 fully saturated rings. The van der Waals surface area contributed by atoms with E-state index in [0.717, 1.165) is 22.3 Å². The van der Waals surface area contributed by atoms with Crippen LogP contribution in [0.4, 0.5) is 13.6 Å². The zero-order valence-electron chi connectivity index (χ0n) is 14.9. The fraction of sp³-hybridized carbons (Fsp3) is 0.333. The second kappa shape index (κ2) is 6.89. The number of carboxylic acid groups (broad SMARTS) is 1. The molecule has 2 aliphatic rings. The number of carbonyl (C=O) groups excluding carboxylic acids is 1. The van der Waals surface area contributed by atoms with Gasteiger partial charge >= 0.3 is 12.1 Å². The van der Waals surface area contributed by atoms with E-state index < -0.39 is 29.9 Å². The summed E-state index contributed by atoms with van der Waals surface area (Å²) in [5.74, 6) is -5.36. The smallest absolute Gasteiger partial charge is 0.407 e. The number of nitrogens with one attached hydrogen (secondary N) is 1. The Morgan fingerprint density at radius 3 is 2.14 bits per heavy atom. The van der Waals surface area contributed by atoms with Crippen LogP contribution in [0.3, 0.4) is 0 Å². The van der Waals surface area contributed by atoms with Crippen LogP contribution in [0.25, 0.3) is 11.1 Å². The second-order valence-electron chi connectivity index (χ2n) is 7.26. The number of carbonyl (C=O) groups is 2. The van der Waals surface area contributed by atoms with Crippen molar-refractivity contribution >= 4 is 12.1 Å². The maximum atomic E-state index is 13.1. The highest BCUT2D eigenvalue weighted by molar-refractivity contribution is 5.81. The number of fused-ring (bicyclic) bond motifs is 3. The molecule has 2 aliphatic carbocycles. The van der Waals surface area contributed by atoms with Gasteiger partial charge in [-0.2, -0.15) is 0 Å². The predicted molar refractivity (Wildman–Crippen MR) is 97.3 cm³/mol. The molecule has 7 heteroatoms. The summed E-state index contributed by atoms with van der Waals surface area (Å²) >= 11 is 0. The van der Waals surface area contributed by atoms with Gasteiger partial charge in [-0.05, 0) is 28.7 Å². The third-order valence-corrected chi connectivity index (χ3v) is 5.41. The first kappa shape index (κ1) is 18.4. The molecule has 0 aromatic heterocycles. The third-order valence-electron chi connectivity index (χ3n) is 5.41. The standard InChI is InChI=1S/C21H19F2NO4/c22-21(23)10-12(21)9-18(19(25)26)24-20(27)28-11-17-15-7-3-1-5-13(15)14-6-2-4-8-16(14)17/h1-8,12,17-18H,9-11H2,(H,24,27)(H,25,26)/t12?,18-/m0/s1. The minimum Gasteiger partial charge on any atom is -0.480 e. The molecule has 0 bridgehead atoms. The highest BCUT2D eigenvalue weighted by atomic mass is 19.3. The average Bonchev–Trinajstić information content (AvgIpc) is 3.14. The molecule has 0 saturated heterocycles. The van der Waals surface area contributed by atoms with Gasteiger partial charge < -0.3 is 15.2 Å². The van der Waals surface area contributed by atoms with E-state index in [9.17, 15) is 23.5 Å². The summed E-state index contributed by atoms with van der Waals surface area (Å²) in [5.41, 5.74) is 4.21. The molecule has 0 spiro atoms. The Kier molecular flexibility index (Phi) is 4.53. The molecular formula is C21H19F2NO4. The van der Waals surface area contributed by atoms with Crippen LogP contribution in [0, 0.1) is 5.92 Å². The topological polar surface area (TPSA) is 75.6 Å². The maximum absolute atomic E-state index is 13.1. The van der Waals surface area contributed by atoms with Crippen molar-refractivity contribution in [3.05, 3.63) is 59.7 Å². The first-order chi connectivity index (χ1) is 13.4. The molecule has 28 heavy (non-hydrogen) atoms. The first-order valence-electron chi connectivity index (χ1n) is 9.09. The molecule has 2 aromatic carbocycles. The van der Waals surface area contributed by atoms with Gasteiger partial charge in [0, 0.05) is 18.3 Å². The van der Waals surface area contributed by atoms with Crippen molar-refractivity contribution in [2.45, 2.75) is 30.7 Å². The summed E-state index contributed by atoms with van der Waals surface area (Å²) in [5, 5.41) is 11.4. The summed E-state index contributed by atoms with van der Waals surface area (Å²) in [6.45, 7) is 0.0335. The number of ether oxygens (including phenoxy) is 1. The van der Waals surface area contributed by atoms with Gasteiger partial charge in [0.05, 0.1) is 0 Å². The van der Waals surface area contributed by atoms with Crippen molar-refractivity contribution < 1.29 is 28.2 Å². The Hall–Kier alpha value is -2.96. The van der Waals surface area contributed by atoms with Gasteiger partial charge in [0.1, 0.15) is 12.6 Å². The van der Waals surface area contributed by atoms with E-state index in [4.69, 9.17) is 4.74 Å². The number of aliphatic carboxylic acids is 1. The van der Waals surface area contributed by atoms with Crippen molar-refractivity contribution in [1.82, 2.24) is 5.32 Å². The van der Waals surface area contributed by atoms with E-state index in [1.807, 2.05) is 48.5 Å². The predicted octanol–water partition coefficient (Wildman–Crippen LogP) is 4.02. The fourth-order valence-electron chi connectivity index (χ4n) is 3.81. The minimum absolute atomic E-state index is 0.0335. The molecule has 2 atom stereocenters. The molecule has 4 rings (SSSR count). The summed E-state index contributed by atoms with van der Waals surface area (Å²) in [4.78, 5) is 23.4. The second-order valence-corrected chi connectivity index (χ2v) is 7.26. The van der Waals surface area contributed by atoms with E-state index in [2.05, 4.69) is 5.32 Å². The van der Waals surface area contributed by atoms with Crippen LogP contribution in [-0.2, 0) is 9.53 Å². The fourth-order valence-corrected chi connectivity index (χ4v) is 3.81. The number of rotatable bonds is 6. The summed E-state index contributed by atoms with van der Waals surface area (Å²) in [6.07, 6.45) is -1.58. The summed E-state index contributed by atoms with van der Waals surface area (Å²) < 4.78 is 31.4. The molecule has 0 radical (unpaired) electrons. The number of hydrogen-bond acceptors (Lipinski definition) is 3. The molecule has 1 unspecified atom stereocenters. The first-order valence-corrected chi connectivity index (χ1v) is 9.09. The van der Waals surface area contributed by atoms with E-state index in [0.29, 0.717) is 0 Å². The highest BCUT2D eigenvalue weighted by Crippen LogP contribution is 2.51. The molecule has 5 nitrogen and oxygen atoms in total. The Morgan fingerprint density at radius 1 is 1.11 bits per heavy atom. The van der Waals surface area contributed by atoms with Gasteiger partial charge in [0.2, 0.25) is 0 Å². The largest absolute Gasteiger partial charge is 0.480 e. The van der Waals surface area contributed by atoms with Gasteiger partial charge in [0.25, 0.3) is 5.92 Å². The van der Waals surface area contributed by atoms with Crippen molar-refractivity contribution in [3.63, 3.8) is 0 Å². The van der Waals surface area contributed by atoms with E-state index >= 15 is 0 Å². The van der Waals surface area contributed by atoms with Gasteiger partial charge in [-0.25, -0.2) is 18.4 Å². The van der Waals surface area contributed by atoms with Gasteiger partial charge in [0.15, 0.2) is 0 Å². The maximum Gasteiger partial charge on any atom is 0.407 e. The molecule has 1 saturated carbocycles. The third kappa shape index (κ3) is 3.44. The van der Waals surface area contributed by atoms with Crippen LogP contribution in [0.5, 0.6) is 0 Å². The molecule has 0 heterocycles. The zero-order chi connectivity index (χ0) is 19.9. The van der Waals surface area contributed by atoms with Crippen molar-refractivity contribution in [2.75, 3.05) is 6.61 Å². The number of halogens is 2. The number of alkyl halides is 2. The SMILES string of the molecule is O=C(N[C@@H](CC1CC1(F)F)C(=O)O)OCC1c2ccccc2-c2ccccc21. The molecule has 2 aromatic rings. The van der Waals surface area contributed by atoms with Gasteiger partial charge in [-0.15, -0.1) is 0 Å². The Morgan fingerprint density at radius 2 is 1.64 bits per heavy atom. The van der Waals surface area contributed by atoms with Crippen LogP contribution in [-0.4, -0.2) is 35.7 Å². The van der Waals surface area contributed by atoms with Crippen molar-refractivity contribution in [3.8, 4) is 11.1 Å². The number of hydrogen-bond donors (Lipinski definition) is 2. The van der Waals surface area contributed by atoms with E-state index in [1.165, 1.54) is 0 Å². The van der Waals surface area contributed by atoms with Gasteiger partial charge in [-0.1, -0.05) is 48.5 Å². The summed E-state index contributed by atoms with van der Waals surface area (Å²) in [7, 11) is 0. The van der Waals surface area contributed by atoms with Gasteiger partial charge in [-0.3, -0.25) is 0 Å². The minimum atomic E-state index is -2.84. The normalized spacial score (nSPS) is 20.0. The highest BCUT2D eigenvalue weighted by Gasteiger charge is 2.57. The zero-order valence-corrected chi connectivity index (χ0v) is 14.9. The van der Waals surface area contributed by atoms with Crippen molar-refractivity contribution in [2.24, 2.45) is 5.92 Å². The van der Waals surface area contributed by atoms with E-state index in [-0.39, 0.29) is 25.4 Å². The van der Waals surface area contributed by atoms with Crippen LogP contribution < -0.4 is 5.32 Å². The Labute approximate surface area is 160 Å². The Balaban J connectivity index is 1.41. The van der Waals surface area contributed by atoms with Crippen LogP contribution in [0.2, 0.25) is 0 Å². The van der Waals surface area contributed by atoms with E-state index in [1.54, 1.807) is 0 Å². The number of amides is 1.